The first-order valence-corrected chi connectivity index (χ1v) is 18.8. The lowest BCUT2D eigenvalue weighted by atomic mass is 9.96. The van der Waals surface area contributed by atoms with E-state index in [1.54, 1.807) is 0 Å². The molecule has 264 valence electrons. The average Bonchev–Trinajstić information content (AvgIpc) is 4.10. The summed E-state index contributed by atoms with van der Waals surface area (Å²) in [5.74, 6) is 0. The van der Waals surface area contributed by atoms with Crippen LogP contribution in [0.1, 0.15) is 34.0 Å². The van der Waals surface area contributed by atoms with E-state index in [0.29, 0.717) is 0 Å². The van der Waals surface area contributed by atoms with Crippen molar-refractivity contribution in [2.24, 2.45) is 0 Å². The van der Waals surface area contributed by atoms with Crippen LogP contribution in [0.4, 0.5) is 0 Å². The molecule has 5 nitrogen and oxygen atoms in total. The molecule has 0 aliphatic carbocycles. The highest BCUT2D eigenvalue weighted by Gasteiger charge is 2.20. The second-order valence-corrected chi connectivity index (χ2v) is 13.8. The Morgan fingerprint density at radius 3 is 1.29 bits per heavy atom. The maximum Gasteiger partial charge on any atom is 0.0738 e. The molecule has 8 bridgehead atoms. The first-order chi connectivity index (χ1) is 27.8. The summed E-state index contributed by atoms with van der Waals surface area (Å²) in [7, 11) is 0. The first kappa shape index (κ1) is 33.0. The predicted octanol–water partition coefficient (Wildman–Crippen LogP) is 12.9. The topological polar surface area (TPSA) is 70.2 Å². The van der Waals surface area contributed by atoms with Gasteiger partial charge in [-0.3, -0.25) is 4.98 Å². The number of H-pyrrole nitrogens is 2. The number of benzene rings is 4. The summed E-state index contributed by atoms with van der Waals surface area (Å²) >= 11 is 0. The van der Waals surface area contributed by atoms with Crippen molar-refractivity contribution in [3.63, 3.8) is 0 Å². The zero-order valence-corrected chi connectivity index (χ0v) is 30.4. The number of aromatic nitrogens is 5. The molecule has 8 aromatic rings. The molecule has 2 aliphatic rings. The number of nitrogens with one attached hydrogen (secondary N) is 2. The van der Waals surface area contributed by atoms with Crippen LogP contribution in [0.5, 0.6) is 0 Å². The number of aromatic amines is 2. The number of fused-ring (bicyclic) bond motifs is 8. The van der Waals surface area contributed by atoms with E-state index in [2.05, 4.69) is 179 Å². The van der Waals surface area contributed by atoms with Crippen LogP contribution in [0, 0.1) is 0 Å². The molecule has 0 saturated carbocycles. The van der Waals surface area contributed by atoms with Crippen molar-refractivity contribution in [3.05, 3.63) is 198 Å². The van der Waals surface area contributed by atoms with Crippen LogP contribution in [0.15, 0.2) is 164 Å². The van der Waals surface area contributed by atoms with E-state index in [1.807, 2.05) is 36.5 Å². The normalized spacial score (nSPS) is 12.1. The minimum absolute atomic E-state index is 0.843. The van der Waals surface area contributed by atoms with Gasteiger partial charge in [0, 0.05) is 50.5 Å². The fourth-order valence-electron chi connectivity index (χ4n) is 7.73. The lowest BCUT2D eigenvalue weighted by molar-refractivity contribution is 1.27. The SMILES string of the molecule is C1=Cc2nc1c(-c1ccccc1/C=C/c1ccccn1)c1nc(c(-c3ccccc3)c3ccc([nH]3)c(-c3ccccc3)c3ccc([nH]3)c2-c2ccccc2)C=C1. The molecule has 2 aliphatic heterocycles. The van der Waals surface area contributed by atoms with Crippen molar-refractivity contribution in [2.75, 3.05) is 0 Å². The Labute approximate surface area is 324 Å². The summed E-state index contributed by atoms with van der Waals surface area (Å²) in [6.07, 6.45) is 14.5. The standard InChI is InChI=1S/C51H35N5/c1-4-15-35(16-5-1)48-40-25-27-42(53-40)49(36-17-6-2-7-18-36)44-29-31-46(55-44)51(39-22-11-10-14-34(39)23-24-38-21-12-13-33-52-38)47-32-30-45(56-47)50(37-19-8-3-9-20-37)43-28-26-41(48)54-43/h1-33,53-54H/b24-23+,48-40?,48-41?,49-42?,49-44?,50-43?,50-45?,51-46?,51-47?. The largest absolute Gasteiger partial charge is 0.354 e. The van der Waals surface area contributed by atoms with Crippen molar-refractivity contribution in [1.82, 2.24) is 24.9 Å². The van der Waals surface area contributed by atoms with Gasteiger partial charge in [-0.2, -0.15) is 0 Å². The number of pyridine rings is 1. The molecular weight excluding hydrogens is 683 g/mol. The van der Waals surface area contributed by atoms with E-state index >= 15 is 0 Å². The van der Waals surface area contributed by atoms with E-state index in [4.69, 9.17) is 9.97 Å². The molecule has 0 amide bonds. The summed E-state index contributed by atoms with van der Waals surface area (Å²) in [6.45, 7) is 0. The highest BCUT2D eigenvalue weighted by molar-refractivity contribution is 6.00. The van der Waals surface area contributed by atoms with Gasteiger partial charge in [0.2, 0.25) is 0 Å². The van der Waals surface area contributed by atoms with Crippen LogP contribution < -0.4 is 0 Å². The van der Waals surface area contributed by atoms with E-state index in [1.165, 1.54) is 0 Å². The van der Waals surface area contributed by atoms with E-state index in [-0.39, 0.29) is 0 Å². The van der Waals surface area contributed by atoms with Gasteiger partial charge in [0.05, 0.1) is 28.5 Å². The molecular formula is C51H35N5. The molecule has 4 aromatic heterocycles. The Balaban J connectivity index is 1.35. The Kier molecular flexibility index (Phi) is 8.43. The third-order valence-electron chi connectivity index (χ3n) is 10.3. The molecule has 2 N–H and O–H groups in total. The fourth-order valence-corrected chi connectivity index (χ4v) is 7.73. The Morgan fingerprint density at radius 1 is 0.357 bits per heavy atom. The highest BCUT2D eigenvalue weighted by atomic mass is 14.8. The maximum atomic E-state index is 5.46. The summed E-state index contributed by atoms with van der Waals surface area (Å²) < 4.78 is 0. The molecule has 0 saturated heterocycles. The monoisotopic (exact) mass is 717 g/mol. The summed E-state index contributed by atoms with van der Waals surface area (Å²) in [5, 5.41) is 0. The molecule has 5 heteroatoms. The van der Waals surface area contributed by atoms with Gasteiger partial charge in [-0.1, -0.05) is 127 Å². The van der Waals surface area contributed by atoms with Crippen molar-refractivity contribution >= 4 is 58.5 Å². The number of hydrogen-bond donors (Lipinski definition) is 2. The fraction of sp³-hybridized carbons (Fsp3) is 0. The summed E-state index contributed by atoms with van der Waals surface area (Å²) in [5.41, 5.74) is 17.7. The molecule has 0 radical (unpaired) electrons. The Bertz CT molecular complexity index is 2850. The maximum absolute atomic E-state index is 5.46. The molecule has 6 heterocycles. The molecule has 0 atom stereocenters. The van der Waals surface area contributed by atoms with Crippen molar-refractivity contribution < 1.29 is 0 Å². The zero-order valence-electron chi connectivity index (χ0n) is 30.4. The van der Waals surface area contributed by atoms with Crippen molar-refractivity contribution in [2.45, 2.75) is 0 Å². The van der Waals surface area contributed by atoms with Gasteiger partial charge >= 0.3 is 0 Å². The van der Waals surface area contributed by atoms with Gasteiger partial charge in [0.1, 0.15) is 0 Å². The molecule has 0 spiro atoms. The van der Waals surface area contributed by atoms with E-state index in [0.717, 1.165) is 101 Å². The number of hydrogen-bond acceptors (Lipinski definition) is 3. The van der Waals surface area contributed by atoms with Crippen LogP contribution in [0.2, 0.25) is 0 Å². The second kappa shape index (κ2) is 14.3. The van der Waals surface area contributed by atoms with Crippen LogP contribution in [0.25, 0.3) is 103 Å². The van der Waals surface area contributed by atoms with Crippen LogP contribution in [-0.4, -0.2) is 24.9 Å². The van der Waals surface area contributed by atoms with Gasteiger partial charge in [0.25, 0.3) is 0 Å². The predicted molar refractivity (Wildman–Crippen MR) is 234 cm³/mol. The Hall–Kier alpha value is -7.63. The Morgan fingerprint density at radius 2 is 0.786 bits per heavy atom. The lowest BCUT2D eigenvalue weighted by Gasteiger charge is -2.09. The van der Waals surface area contributed by atoms with Crippen molar-refractivity contribution in [1.29, 1.82) is 0 Å². The lowest BCUT2D eigenvalue weighted by Crippen LogP contribution is -1.93. The molecule has 10 rings (SSSR count). The quantitative estimate of drug-likeness (QED) is 0.180. The summed E-state index contributed by atoms with van der Waals surface area (Å²) in [4.78, 5) is 23.1. The van der Waals surface area contributed by atoms with Gasteiger partial charge in [0.15, 0.2) is 0 Å². The van der Waals surface area contributed by atoms with Gasteiger partial charge in [-0.15, -0.1) is 0 Å². The van der Waals surface area contributed by atoms with E-state index in [9.17, 15) is 0 Å². The molecule has 56 heavy (non-hydrogen) atoms. The second-order valence-electron chi connectivity index (χ2n) is 13.8. The minimum atomic E-state index is 0.843. The van der Waals surface area contributed by atoms with Crippen molar-refractivity contribution in [3.8, 4) is 44.5 Å². The minimum Gasteiger partial charge on any atom is -0.354 e. The van der Waals surface area contributed by atoms with Crippen LogP contribution >= 0.6 is 0 Å². The van der Waals surface area contributed by atoms with Gasteiger partial charge in [-0.25, -0.2) is 9.97 Å². The highest BCUT2D eigenvalue weighted by Crippen LogP contribution is 2.39. The summed E-state index contributed by atoms with van der Waals surface area (Å²) in [6, 6.07) is 54.7. The zero-order chi connectivity index (χ0) is 37.3. The molecule has 0 fully saturated rings. The smallest absolute Gasteiger partial charge is 0.0738 e. The van der Waals surface area contributed by atoms with E-state index < -0.39 is 0 Å². The first-order valence-electron chi connectivity index (χ1n) is 18.8. The third kappa shape index (κ3) is 6.17. The van der Waals surface area contributed by atoms with Gasteiger partial charge in [-0.05, 0) is 94.6 Å². The molecule has 4 aromatic carbocycles. The number of rotatable bonds is 6. The van der Waals surface area contributed by atoms with Crippen LogP contribution in [-0.2, 0) is 0 Å². The third-order valence-corrected chi connectivity index (χ3v) is 10.3. The molecule has 0 unspecified atom stereocenters. The van der Waals surface area contributed by atoms with Gasteiger partial charge < -0.3 is 9.97 Å². The number of nitrogens with zero attached hydrogens (tertiary/aromatic N) is 3. The van der Waals surface area contributed by atoms with Crippen LogP contribution in [0.3, 0.4) is 0 Å². The average molecular weight is 718 g/mol.